The quantitative estimate of drug-likeness (QED) is 0.841. The van der Waals surface area contributed by atoms with E-state index in [0.717, 1.165) is 30.9 Å². The SMILES string of the molecule is NC(CCC1Cc2ccccc2O1)C1CC1. The molecule has 0 saturated heterocycles. The standard InChI is InChI=1S/C14H19NO/c15-13(10-5-6-10)8-7-12-9-11-3-1-2-4-14(11)16-12/h1-4,10,12-13H,5-9,15H2. The van der Waals surface area contributed by atoms with Gasteiger partial charge in [0.1, 0.15) is 11.9 Å². The second kappa shape index (κ2) is 4.10. The summed E-state index contributed by atoms with van der Waals surface area (Å²) in [6.45, 7) is 0. The molecule has 1 heterocycles. The van der Waals surface area contributed by atoms with Gasteiger partial charge in [-0.3, -0.25) is 0 Å². The van der Waals surface area contributed by atoms with Crippen molar-refractivity contribution < 1.29 is 4.74 Å². The fourth-order valence-corrected chi connectivity index (χ4v) is 2.55. The smallest absolute Gasteiger partial charge is 0.123 e. The number of fused-ring (bicyclic) bond motifs is 1. The molecule has 0 bridgehead atoms. The molecule has 3 rings (SSSR count). The maximum Gasteiger partial charge on any atom is 0.123 e. The van der Waals surface area contributed by atoms with Crippen LogP contribution < -0.4 is 10.5 Å². The highest BCUT2D eigenvalue weighted by Gasteiger charge is 2.30. The Morgan fingerprint density at radius 2 is 2.12 bits per heavy atom. The van der Waals surface area contributed by atoms with Crippen molar-refractivity contribution in [1.29, 1.82) is 0 Å². The lowest BCUT2D eigenvalue weighted by atomic mass is 10.0. The topological polar surface area (TPSA) is 35.2 Å². The van der Waals surface area contributed by atoms with E-state index in [2.05, 4.69) is 18.2 Å². The van der Waals surface area contributed by atoms with E-state index in [0.29, 0.717) is 12.1 Å². The van der Waals surface area contributed by atoms with Crippen LogP contribution in [0, 0.1) is 5.92 Å². The lowest BCUT2D eigenvalue weighted by Crippen LogP contribution is -2.25. The summed E-state index contributed by atoms with van der Waals surface area (Å²) in [6, 6.07) is 8.76. The zero-order valence-electron chi connectivity index (χ0n) is 9.56. The predicted octanol–water partition coefficient (Wildman–Crippen LogP) is 2.51. The third-order valence-electron chi connectivity index (χ3n) is 3.76. The van der Waals surface area contributed by atoms with Gasteiger partial charge < -0.3 is 10.5 Å². The molecule has 1 aromatic rings. The van der Waals surface area contributed by atoms with Crippen molar-refractivity contribution in [2.75, 3.05) is 0 Å². The molecule has 2 unspecified atom stereocenters. The van der Waals surface area contributed by atoms with E-state index in [1.165, 1.54) is 18.4 Å². The molecule has 0 spiro atoms. The Bertz CT molecular complexity index is 348. The van der Waals surface area contributed by atoms with Crippen molar-refractivity contribution in [3.8, 4) is 5.75 Å². The Morgan fingerprint density at radius 1 is 1.31 bits per heavy atom. The highest BCUT2D eigenvalue weighted by atomic mass is 16.5. The van der Waals surface area contributed by atoms with Crippen molar-refractivity contribution in [3.63, 3.8) is 0 Å². The van der Waals surface area contributed by atoms with Crippen LogP contribution in [0.4, 0.5) is 0 Å². The molecule has 2 nitrogen and oxygen atoms in total. The van der Waals surface area contributed by atoms with Crippen LogP contribution in [0.25, 0.3) is 0 Å². The van der Waals surface area contributed by atoms with Crippen LogP contribution in [0.3, 0.4) is 0 Å². The van der Waals surface area contributed by atoms with Crippen LogP contribution in [0.1, 0.15) is 31.2 Å². The maximum absolute atomic E-state index is 6.11. The summed E-state index contributed by atoms with van der Waals surface area (Å²) in [5, 5.41) is 0. The number of hydrogen-bond donors (Lipinski definition) is 1. The number of hydrogen-bond acceptors (Lipinski definition) is 2. The number of para-hydroxylation sites is 1. The molecule has 2 atom stereocenters. The lowest BCUT2D eigenvalue weighted by molar-refractivity contribution is 0.212. The minimum atomic E-state index is 0.363. The number of ether oxygens (including phenoxy) is 1. The van der Waals surface area contributed by atoms with Gasteiger partial charge in [-0.05, 0) is 43.2 Å². The fourth-order valence-electron chi connectivity index (χ4n) is 2.55. The molecule has 1 fully saturated rings. The van der Waals surface area contributed by atoms with Crippen LogP contribution >= 0.6 is 0 Å². The summed E-state index contributed by atoms with van der Waals surface area (Å²) in [5.74, 6) is 1.89. The first-order valence-electron chi connectivity index (χ1n) is 6.33. The number of rotatable bonds is 4. The van der Waals surface area contributed by atoms with Crippen molar-refractivity contribution in [3.05, 3.63) is 29.8 Å². The molecule has 86 valence electrons. The van der Waals surface area contributed by atoms with Gasteiger partial charge in [-0.15, -0.1) is 0 Å². The Balaban J connectivity index is 1.52. The van der Waals surface area contributed by atoms with Crippen LogP contribution in [0.15, 0.2) is 24.3 Å². The zero-order chi connectivity index (χ0) is 11.0. The van der Waals surface area contributed by atoms with E-state index in [1.807, 2.05) is 6.07 Å². The van der Waals surface area contributed by atoms with Gasteiger partial charge in [-0.2, -0.15) is 0 Å². The highest BCUT2D eigenvalue weighted by Crippen LogP contribution is 2.35. The van der Waals surface area contributed by atoms with Crippen molar-refractivity contribution in [2.45, 2.75) is 44.2 Å². The van der Waals surface area contributed by atoms with Gasteiger partial charge in [-0.25, -0.2) is 0 Å². The maximum atomic E-state index is 6.11. The minimum Gasteiger partial charge on any atom is -0.490 e. The van der Waals surface area contributed by atoms with Crippen LogP contribution in [-0.2, 0) is 6.42 Å². The second-order valence-electron chi connectivity index (χ2n) is 5.13. The molecule has 2 N–H and O–H groups in total. The number of nitrogens with two attached hydrogens (primary N) is 1. The number of benzene rings is 1. The van der Waals surface area contributed by atoms with Crippen molar-refractivity contribution in [1.82, 2.24) is 0 Å². The molecule has 1 aliphatic carbocycles. The predicted molar refractivity (Wildman–Crippen MR) is 64.5 cm³/mol. The third kappa shape index (κ3) is 2.07. The molecule has 0 aromatic heterocycles. The van der Waals surface area contributed by atoms with Gasteiger partial charge in [0.15, 0.2) is 0 Å². The van der Waals surface area contributed by atoms with Gasteiger partial charge in [0, 0.05) is 12.5 Å². The molecule has 0 amide bonds. The molecule has 2 aliphatic rings. The summed E-state index contributed by atoms with van der Waals surface area (Å²) in [5.41, 5.74) is 7.46. The van der Waals surface area contributed by atoms with Crippen LogP contribution in [0.2, 0.25) is 0 Å². The zero-order valence-corrected chi connectivity index (χ0v) is 9.56. The van der Waals surface area contributed by atoms with Gasteiger partial charge in [0.2, 0.25) is 0 Å². The molecule has 2 heteroatoms. The van der Waals surface area contributed by atoms with Gasteiger partial charge in [-0.1, -0.05) is 18.2 Å². The van der Waals surface area contributed by atoms with E-state index in [1.54, 1.807) is 0 Å². The summed E-state index contributed by atoms with van der Waals surface area (Å²) in [4.78, 5) is 0. The van der Waals surface area contributed by atoms with E-state index in [9.17, 15) is 0 Å². The fraction of sp³-hybridized carbons (Fsp3) is 0.571. The first-order valence-corrected chi connectivity index (χ1v) is 6.33. The van der Waals surface area contributed by atoms with Crippen LogP contribution in [-0.4, -0.2) is 12.1 Å². The minimum absolute atomic E-state index is 0.363. The molecular formula is C14H19NO. The van der Waals surface area contributed by atoms with Crippen LogP contribution in [0.5, 0.6) is 5.75 Å². The van der Waals surface area contributed by atoms with Crippen molar-refractivity contribution >= 4 is 0 Å². The third-order valence-corrected chi connectivity index (χ3v) is 3.76. The first kappa shape index (κ1) is 10.2. The van der Waals surface area contributed by atoms with E-state index < -0.39 is 0 Å². The monoisotopic (exact) mass is 217 g/mol. The average Bonchev–Trinajstić information content (AvgIpc) is 3.06. The Kier molecular flexibility index (Phi) is 2.60. The Hall–Kier alpha value is -1.02. The Labute approximate surface area is 96.8 Å². The van der Waals surface area contributed by atoms with Gasteiger partial charge in [0.05, 0.1) is 0 Å². The summed E-state index contributed by atoms with van der Waals surface area (Å²) < 4.78 is 5.90. The average molecular weight is 217 g/mol. The first-order chi connectivity index (χ1) is 7.83. The summed E-state index contributed by atoms with van der Waals surface area (Å²) in [6.07, 6.45) is 6.32. The molecule has 16 heavy (non-hydrogen) atoms. The molecule has 0 radical (unpaired) electrons. The Morgan fingerprint density at radius 3 is 2.88 bits per heavy atom. The molecule has 1 aliphatic heterocycles. The summed E-state index contributed by atoms with van der Waals surface area (Å²) >= 11 is 0. The van der Waals surface area contributed by atoms with Gasteiger partial charge in [0.25, 0.3) is 0 Å². The largest absolute Gasteiger partial charge is 0.490 e. The highest BCUT2D eigenvalue weighted by molar-refractivity contribution is 5.37. The molecular weight excluding hydrogens is 198 g/mol. The molecule has 1 saturated carbocycles. The summed E-state index contributed by atoms with van der Waals surface area (Å²) in [7, 11) is 0. The second-order valence-corrected chi connectivity index (χ2v) is 5.13. The van der Waals surface area contributed by atoms with Crippen molar-refractivity contribution in [2.24, 2.45) is 11.7 Å². The van der Waals surface area contributed by atoms with E-state index >= 15 is 0 Å². The molecule has 1 aromatic carbocycles. The lowest BCUT2D eigenvalue weighted by Gasteiger charge is -2.14. The van der Waals surface area contributed by atoms with E-state index in [-0.39, 0.29) is 0 Å². The normalized spacial score (nSPS) is 24.9. The van der Waals surface area contributed by atoms with Gasteiger partial charge >= 0.3 is 0 Å². The van der Waals surface area contributed by atoms with E-state index in [4.69, 9.17) is 10.5 Å².